The molecule has 0 aliphatic heterocycles. The summed E-state index contributed by atoms with van der Waals surface area (Å²) in [4.78, 5) is 4.51. The summed E-state index contributed by atoms with van der Waals surface area (Å²) in [7, 11) is 1.39. The summed E-state index contributed by atoms with van der Waals surface area (Å²) in [6.07, 6.45) is 0. The second-order valence-corrected chi connectivity index (χ2v) is 2.68. The van der Waals surface area contributed by atoms with Gasteiger partial charge in [-0.2, -0.15) is 5.48 Å². The lowest BCUT2D eigenvalue weighted by Crippen LogP contribution is -2.14. The topological polar surface area (TPSA) is 21.3 Å². The van der Waals surface area contributed by atoms with E-state index in [0.29, 0.717) is 5.56 Å². The van der Waals surface area contributed by atoms with E-state index >= 15 is 0 Å². The summed E-state index contributed by atoms with van der Waals surface area (Å²) in [5.74, 6) is -1.09. The molecule has 13 heavy (non-hydrogen) atoms. The van der Waals surface area contributed by atoms with Crippen molar-refractivity contribution in [2.24, 2.45) is 0 Å². The summed E-state index contributed by atoms with van der Waals surface area (Å²) < 4.78 is 26.3. The predicted octanol–water partition coefficient (Wildman–Crippen LogP) is 1.92. The van der Waals surface area contributed by atoms with Crippen molar-refractivity contribution < 1.29 is 13.6 Å². The molecule has 0 bridgehead atoms. The van der Waals surface area contributed by atoms with Gasteiger partial charge in [-0.15, -0.1) is 0 Å². The van der Waals surface area contributed by atoms with Gasteiger partial charge in [-0.1, -0.05) is 6.07 Å². The zero-order valence-corrected chi connectivity index (χ0v) is 7.53. The summed E-state index contributed by atoms with van der Waals surface area (Å²) in [5.41, 5.74) is 2.82. The van der Waals surface area contributed by atoms with E-state index in [1.807, 2.05) is 0 Å². The van der Waals surface area contributed by atoms with E-state index < -0.39 is 11.6 Å². The third-order valence-corrected chi connectivity index (χ3v) is 1.77. The molecule has 0 aliphatic rings. The third-order valence-electron chi connectivity index (χ3n) is 1.77. The molecule has 1 aromatic carbocycles. The van der Waals surface area contributed by atoms with E-state index in [9.17, 15) is 8.78 Å². The Hall–Kier alpha value is -1.00. The van der Waals surface area contributed by atoms with Gasteiger partial charge in [-0.25, -0.2) is 8.78 Å². The highest BCUT2D eigenvalue weighted by Crippen LogP contribution is 2.15. The molecular formula is C9H11F2NO. The molecule has 0 radical (unpaired) electrons. The fraction of sp³-hybridized carbons (Fsp3) is 0.333. The number of halogens is 2. The average Bonchev–Trinajstić information content (AvgIpc) is 2.12. The van der Waals surface area contributed by atoms with Gasteiger partial charge < -0.3 is 4.84 Å². The van der Waals surface area contributed by atoms with E-state index in [4.69, 9.17) is 0 Å². The molecule has 0 fully saturated rings. The minimum atomic E-state index is -0.562. The average molecular weight is 187 g/mol. The van der Waals surface area contributed by atoms with Gasteiger partial charge in [0.05, 0.1) is 13.7 Å². The van der Waals surface area contributed by atoms with Crippen LogP contribution in [-0.2, 0) is 11.4 Å². The Morgan fingerprint density at radius 1 is 1.38 bits per heavy atom. The van der Waals surface area contributed by atoms with E-state index in [0.717, 1.165) is 0 Å². The van der Waals surface area contributed by atoms with Crippen LogP contribution in [0.15, 0.2) is 12.1 Å². The minimum absolute atomic E-state index is 0.00171. The van der Waals surface area contributed by atoms with Gasteiger partial charge in [0.15, 0.2) is 0 Å². The molecule has 72 valence electrons. The first-order chi connectivity index (χ1) is 6.16. The molecule has 0 atom stereocenters. The van der Waals surface area contributed by atoms with E-state index in [1.54, 1.807) is 6.92 Å². The van der Waals surface area contributed by atoms with Gasteiger partial charge in [0.2, 0.25) is 0 Å². The first kappa shape index (κ1) is 10.1. The Bertz CT molecular complexity index is 302. The van der Waals surface area contributed by atoms with Gasteiger partial charge in [-0.3, -0.25) is 0 Å². The van der Waals surface area contributed by atoms with Crippen molar-refractivity contribution in [3.63, 3.8) is 0 Å². The molecule has 2 nitrogen and oxygen atoms in total. The minimum Gasteiger partial charge on any atom is -0.305 e. The Morgan fingerprint density at radius 2 is 2.08 bits per heavy atom. The third kappa shape index (κ3) is 2.23. The maximum absolute atomic E-state index is 13.3. The number of hydrogen-bond donors (Lipinski definition) is 1. The normalized spacial score (nSPS) is 10.5. The van der Waals surface area contributed by atoms with Gasteiger partial charge in [-0.05, 0) is 18.6 Å². The van der Waals surface area contributed by atoms with Crippen LogP contribution < -0.4 is 5.48 Å². The zero-order chi connectivity index (χ0) is 9.84. The molecule has 0 aliphatic carbocycles. The number of nitrogens with one attached hydrogen (secondary N) is 1. The van der Waals surface area contributed by atoms with Crippen LogP contribution in [0.25, 0.3) is 0 Å². The van der Waals surface area contributed by atoms with E-state index in [2.05, 4.69) is 10.3 Å². The summed E-state index contributed by atoms with van der Waals surface area (Å²) in [5, 5.41) is 0. The molecule has 0 unspecified atom stereocenters. The maximum Gasteiger partial charge on any atom is 0.133 e. The number of hydrogen-bond acceptors (Lipinski definition) is 2. The standard InChI is InChI=1S/C9H11F2NO/c1-6-3-4-8(10)7(9(6)11)5-12-13-2/h3-4,12H,5H2,1-2H3. The van der Waals surface area contributed by atoms with Crippen molar-refractivity contribution >= 4 is 0 Å². The van der Waals surface area contributed by atoms with Crippen LogP contribution in [0.2, 0.25) is 0 Å². The molecule has 0 saturated heterocycles. The predicted molar refractivity (Wildman–Crippen MR) is 44.9 cm³/mol. The summed E-state index contributed by atoms with van der Waals surface area (Å²) in [6.45, 7) is 1.61. The maximum atomic E-state index is 13.3. The first-order valence-electron chi connectivity index (χ1n) is 3.86. The number of rotatable bonds is 3. The lowest BCUT2D eigenvalue weighted by Gasteiger charge is -2.06. The smallest absolute Gasteiger partial charge is 0.133 e. The lowest BCUT2D eigenvalue weighted by atomic mass is 10.1. The van der Waals surface area contributed by atoms with Crippen LogP contribution in [-0.4, -0.2) is 7.11 Å². The quantitative estimate of drug-likeness (QED) is 0.730. The Kier molecular flexibility index (Phi) is 3.33. The number of benzene rings is 1. The highest BCUT2D eigenvalue weighted by Gasteiger charge is 2.10. The van der Waals surface area contributed by atoms with Crippen molar-refractivity contribution in [1.29, 1.82) is 0 Å². The van der Waals surface area contributed by atoms with Crippen LogP contribution >= 0.6 is 0 Å². The fourth-order valence-electron chi connectivity index (χ4n) is 1.02. The molecule has 1 rings (SSSR count). The molecule has 0 aromatic heterocycles. The molecule has 0 saturated carbocycles. The second kappa shape index (κ2) is 4.30. The van der Waals surface area contributed by atoms with Crippen LogP contribution in [0, 0.1) is 18.6 Å². The molecule has 0 heterocycles. The summed E-state index contributed by atoms with van der Waals surface area (Å²) in [6, 6.07) is 2.64. The molecule has 1 N–H and O–H groups in total. The Labute approximate surface area is 75.5 Å². The first-order valence-corrected chi connectivity index (χ1v) is 3.86. The van der Waals surface area contributed by atoms with Crippen LogP contribution in [0.4, 0.5) is 8.78 Å². The fourth-order valence-corrected chi connectivity index (χ4v) is 1.02. The monoisotopic (exact) mass is 187 g/mol. The molecular weight excluding hydrogens is 176 g/mol. The van der Waals surface area contributed by atoms with Crippen LogP contribution in [0.5, 0.6) is 0 Å². The Balaban J connectivity index is 2.96. The number of hydroxylamine groups is 1. The molecule has 0 amide bonds. The molecule has 4 heteroatoms. The van der Waals surface area contributed by atoms with Gasteiger partial charge >= 0.3 is 0 Å². The second-order valence-electron chi connectivity index (χ2n) is 2.68. The molecule has 1 aromatic rings. The van der Waals surface area contributed by atoms with Crippen LogP contribution in [0.1, 0.15) is 11.1 Å². The zero-order valence-electron chi connectivity index (χ0n) is 7.53. The lowest BCUT2D eigenvalue weighted by molar-refractivity contribution is 0.0850. The van der Waals surface area contributed by atoms with Crippen molar-refractivity contribution in [2.75, 3.05) is 7.11 Å². The van der Waals surface area contributed by atoms with Crippen molar-refractivity contribution in [3.05, 3.63) is 34.9 Å². The highest BCUT2D eigenvalue weighted by atomic mass is 19.1. The van der Waals surface area contributed by atoms with Crippen LogP contribution in [0.3, 0.4) is 0 Å². The van der Waals surface area contributed by atoms with E-state index in [1.165, 1.54) is 19.2 Å². The van der Waals surface area contributed by atoms with Crippen molar-refractivity contribution in [2.45, 2.75) is 13.5 Å². The SMILES string of the molecule is CONCc1c(F)ccc(C)c1F. The van der Waals surface area contributed by atoms with E-state index in [-0.39, 0.29) is 12.1 Å². The van der Waals surface area contributed by atoms with Gasteiger partial charge in [0.1, 0.15) is 11.6 Å². The highest BCUT2D eigenvalue weighted by molar-refractivity contribution is 5.26. The van der Waals surface area contributed by atoms with Gasteiger partial charge in [0.25, 0.3) is 0 Å². The largest absolute Gasteiger partial charge is 0.305 e. The van der Waals surface area contributed by atoms with Crippen molar-refractivity contribution in [3.8, 4) is 0 Å². The summed E-state index contributed by atoms with van der Waals surface area (Å²) >= 11 is 0. The molecule has 0 spiro atoms. The van der Waals surface area contributed by atoms with Gasteiger partial charge in [0, 0.05) is 5.56 Å². The Morgan fingerprint density at radius 3 is 2.69 bits per heavy atom. The van der Waals surface area contributed by atoms with Crippen molar-refractivity contribution in [1.82, 2.24) is 5.48 Å². The number of aryl methyl sites for hydroxylation is 1.